The summed E-state index contributed by atoms with van der Waals surface area (Å²) in [6.07, 6.45) is -4.78. The fraction of sp³-hybridized carbons (Fsp3) is 0.357. The maximum atomic E-state index is 12.2. The predicted molar refractivity (Wildman–Crippen MR) is 73.7 cm³/mol. The van der Waals surface area contributed by atoms with Crippen molar-refractivity contribution < 1.29 is 27.8 Å². The Hall–Kier alpha value is -2.58. The van der Waals surface area contributed by atoms with Gasteiger partial charge in [-0.1, -0.05) is 26.0 Å². The Kier molecular flexibility index (Phi) is 4.06. The van der Waals surface area contributed by atoms with Crippen molar-refractivity contribution in [3.05, 3.63) is 35.7 Å². The number of carboxylic acid groups (broad SMARTS) is 1. The quantitative estimate of drug-likeness (QED) is 0.936. The number of carbonyl (C=O) groups is 1. The lowest BCUT2D eigenvalue weighted by Gasteiger charge is -2.20. The average Bonchev–Trinajstić information content (AvgIpc) is 2.82. The van der Waals surface area contributed by atoms with E-state index in [1.165, 1.54) is 16.8 Å². The molecule has 0 atom stereocenters. The van der Waals surface area contributed by atoms with Gasteiger partial charge in [0.2, 0.25) is 0 Å². The van der Waals surface area contributed by atoms with Crippen LogP contribution in [-0.2, 0) is 5.41 Å². The zero-order valence-corrected chi connectivity index (χ0v) is 12.5. The number of hydrogen-bond donors (Lipinski definition) is 1. The Morgan fingerprint density at radius 1 is 1.17 bits per heavy atom. The summed E-state index contributed by atoms with van der Waals surface area (Å²) in [5, 5.41) is 16.6. The zero-order valence-electron chi connectivity index (χ0n) is 12.5. The van der Waals surface area contributed by atoms with E-state index in [9.17, 15) is 23.1 Å². The Balaban J connectivity index is 2.45. The fourth-order valence-electron chi connectivity index (χ4n) is 2.07. The molecular formula is C14H14F3N3O3. The van der Waals surface area contributed by atoms with Crippen LogP contribution in [0.2, 0.25) is 0 Å². The molecule has 1 heterocycles. The van der Waals surface area contributed by atoms with Crippen LogP contribution in [0.5, 0.6) is 5.75 Å². The van der Waals surface area contributed by atoms with E-state index in [0.717, 1.165) is 12.1 Å². The molecule has 1 aromatic heterocycles. The molecule has 0 spiro atoms. The van der Waals surface area contributed by atoms with Crippen LogP contribution >= 0.6 is 0 Å². The van der Waals surface area contributed by atoms with Crippen molar-refractivity contribution in [1.29, 1.82) is 0 Å². The average molecular weight is 329 g/mol. The van der Waals surface area contributed by atoms with Crippen LogP contribution in [0, 0.1) is 0 Å². The number of benzene rings is 1. The Morgan fingerprint density at radius 3 is 2.17 bits per heavy atom. The van der Waals surface area contributed by atoms with Crippen molar-refractivity contribution in [3.8, 4) is 11.4 Å². The molecule has 0 saturated heterocycles. The van der Waals surface area contributed by atoms with Crippen molar-refractivity contribution >= 4 is 5.97 Å². The second-order valence-corrected chi connectivity index (χ2v) is 5.80. The number of rotatable bonds is 3. The first-order valence-corrected chi connectivity index (χ1v) is 6.55. The number of aromatic carboxylic acids is 1. The number of halogens is 3. The Bertz CT molecular complexity index is 716. The van der Waals surface area contributed by atoms with Gasteiger partial charge in [0.1, 0.15) is 5.75 Å². The molecule has 1 aromatic carbocycles. The van der Waals surface area contributed by atoms with Crippen molar-refractivity contribution in [1.82, 2.24) is 15.0 Å². The third kappa shape index (κ3) is 3.79. The molecule has 9 heteroatoms. The number of aromatic nitrogens is 3. The predicted octanol–water partition coefficient (Wildman–Crippen LogP) is 3.16. The lowest BCUT2D eigenvalue weighted by atomic mass is 9.90. The van der Waals surface area contributed by atoms with Crippen LogP contribution in [0.1, 0.15) is 37.0 Å². The molecule has 1 N–H and O–H groups in total. The molecule has 0 radical (unpaired) electrons. The first-order valence-electron chi connectivity index (χ1n) is 6.55. The van der Waals surface area contributed by atoms with Crippen molar-refractivity contribution in [2.45, 2.75) is 32.5 Å². The lowest BCUT2D eigenvalue weighted by Crippen LogP contribution is -2.21. The summed E-state index contributed by atoms with van der Waals surface area (Å²) in [6.45, 7) is 5.36. The number of alkyl halides is 3. The van der Waals surface area contributed by atoms with Gasteiger partial charge in [-0.25, -0.2) is 9.48 Å². The second kappa shape index (κ2) is 5.56. The normalized spacial score (nSPS) is 12.3. The molecular weight excluding hydrogens is 315 g/mol. The largest absolute Gasteiger partial charge is 0.573 e. The van der Waals surface area contributed by atoms with Gasteiger partial charge >= 0.3 is 12.3 Å². The van der Waals surface area contributed by atoms with Gasteiger partial charge in [0, 0.05) is 5.41 Å². The summed E-state index contributed by atoms with van der Waals surface area (Å²) < 4.78 is 41.6. The van der Waals surface area contributed by atoms with E-state index in [1.54, 1.807) is 20.8 Å². The molecule has 124 valence electrons. The van der Waals surface area contributed by atoms with E-state index >= 15 is 0 Å². The highest BCUT2D eigenvalue weighted by Gasteiger charge is 2.32. The van der Waals surface area contributed by atoms with Crippen LogP contribution in [0.4, 0.5) is 13.2 Å². The van der Waals surface area contributed by atoms with Gasteiger partial charge in [-0.3, -0.25) is 0 Å². The third-order valence-electron chi connectivity index (χ3n) is 2.90. The number of carboxylic acids is 1. The van der Waals surface area contributed by atoms with Crippen LogP contribution in [0.15, 0.2) is 24.3 Å². The van der Waals surface area contributed by atoms with Gasteiger partial charge in [0.25, 0.3) is 0 Å². The van der Waals surface area contributed by atoms with Crippen molar-refractivity contribution in [2.75, 3.05) is 0 Å². The van der Waals surface area contributed by atoms with Crippen LogP contribution in [0.3, 0.4) is 0 Å². The first-order chi connectivity index (χ1) is 10.5. The second-order valence-electron chi connectivity index (χ2n) is 5.80. The Morgan fingerprint density at radius 2 is 1.74 bits per heavy atom. The van der Waals surface area contributed by atoms with Crippen LogP contribution in [0.25, 0.3) is 5.69 Å². The summed E-state index contributed by atoms with van der Waals surface area (Å²) in [6, 6.07) is 4.93. The molecule has 0 bridgehead atoms. The summed E-state index contributed by atoms with van der Waals surface area (Å²) in [5.74, 6) is -1.60. The molecule has 0 aliphatic carbocycles. The summed E-state index contributed by atoms with van der Waals surface area (Å²) >= 11 is 0. The highest BCUT2D eigenvalue weighted by Crippen LogP contribution is 2.28. The van der Waals surface area contributed by atoms with Gasteiger partial charge in [0.15, 0.2) is 5.69 Å². The number of nitrogens with zero attached hydrogens (tertiary/aromatic N) is 3. The van der Waals surface area contributed by atoms with E-state index in [0.29, 0.717) is 11.4 Å². The number of ether oxygens (including phenoxy) is 1. The van der Waals surface area contributed by atoms with Gasteiger partial charge < -0.3 is 9.84 Å². The van der Waals surface area contributed by atoms with Gasteiger partial charge in [-0.2, -0.15) is 0 Å². The molecule has 23 heavy (non-hydrogen) atoms. The summed E-state index contributed by atoms with van der Waals surface area (Å²) in [4.78, 5) is 11.3. The van der Waals surface area contributed by atoms with Crippen molar-refractivity contribution in [2.24, 2.45) is 0 Å². The van der Waals surface area contributed by atoms with Crippen LogP contribution in [-0.4, -0.2) is 32.4 Å². The SMILES string of the molecule is CC(C)(C)c1c(C(=O)O)nnn1-c1ccc(OC(F)(F)F)cc1. The standard InChI is InChI=1S/C14H14F3N3O3/c1-13(2,3)11-10(12(21)22)18-19-20(11)8-4-6-9(7-5-8)23-14(15,16)17/h4-7H,1-3H3,(H,21,22). The molecule has 0 unspecified atom stereocenters. The van der Waals surface area contributed by atoms with E-state index in [1.807, 2.05) is 0 Å². The molecule has 0 aliphatic heterocycles. The molecule has 2 aromatic rings. The van der Waals surface area contributed by atoms with E-state index in [4.69, 9.17) is 0 Å². The van der Waals surface area contributed by atoms with Gasteiger partial charge in [-0.05, 0) is 24.3 Å². The minimum atomic E-state index is -4.78. The highest BCUT2D eigenvalue weighted by atomic mass is 19.4. The maximum Gasteiger partial charge on any atom is 0.573 e. The van der Waals surface area contributed by atoms with Crippen molar-refractivity contribution in [3.63, 3.8) is 0 Å². The number of hydrogen-bond acceptors (Lipinski definition) is 4. The maximum absolute atomic E-state index is 12.2. The minimum Gasteiger partial charge on any atom is -0.476 e. The third-order valence-corrected chi connectivity index (χ3v) is 2.90. The fourth-order valence-corrected chi connectivity index (χ4v) is 2.07. The Labute approximate surface area is 129 Å². The summed E-state index contributed by atoms with van der Waals surface area (Å²) in [5.41, 5.74) is -0.0645. The zero-order chi connectivity index (χ0) is 17.4. The monoisotopic (exact) mass is 329 g/mol. The molecule has 0 fully saturated rings. The summed E-state index contributed by atoms with van der Waals surface area (Å²) in [7, 11) is 0. The molecule has 2 rings (SSSR count). The van der Waals surface area contributed by atoms with E-state index < -0.39 is 17.7 Å². The van der Waals surface area contributed by atoms with Gasteiger partial charge in [0.05, 0.1) is 11.4 Å². The lowest BCUT2D eigenvalue weighted by molar-refractivity contribution is -0.274. The van der Waals surface area contributed by atoms with E-state index in [-0.39, 0.29) is 11.4 Å². The smallest absolute Gasteiger partial charge is 0.476 e. The van der Waals surface area contributed by atoms with E-state index in [2.05, 4.69) is 15.0 Å². The molecule has 6 nitrogen and oxygen atoms in total. The van der Waals surface area contributed by atoms with Gasteiger partial charge in [-0.15, -0.1) is 18.3 Å². The molecule has 0 aliphatic rings. The minimum absolute atomic E-state index is 0.201. The first kappa shape index (κ1) is 16.8. The highest BCUT2D eigenvalue weighted by molar-refractivity contribution is 5.87. The van der Waals surface area contributed by atoms with Crippen LogP contribution < -0.4 is 4.74 Å². The molecule has 0 saturated carbocycles. The molecule has 0 amide bonds. The topological polar surface area (TPSA) is 77.2 Å².